The van der Waals surface area contributed by atoms with Gasteiger partial charge in [-0.05, 0) is 110 Å². The number of hydrogen-bond donors (Lipinski definition) is 0. The van der Waals surface area contributed by atoms with Crippen molar-refractivity contribution in [3.8, 4) is 17.6 Å². The molecule has 1 aliphatic heterocycles. The highest BCUT2D eigenvalue weighted by atomic mass is 127. The Balaban J connectivity index is 0.000000342. The van der Waals surface area contributed by atoms with Crippen LogP contribution in [0.4, 0.5) is 0 Å². The van der Waals surface area contributed by atoms with Crippen molar-refractivity contribution in [1.82, 2.24) is 4.90 Å². The SMILES string of the molecule is CC#Cc1ccc(C(=O)c2ccc(OPI)cc2)cc1.CN1CCCC1. The lowest BCUT2D eigenvalue weighted by Gasteiger charge is -2.04. The number of benzene rings is 2. The van der Waals surface area contributed by atoms with Crippen molar-refractivity contribution in [3.05, 3.63) is 65.2 Å². The molecule has 0 spiro atoms. The molecule has 2 aromatic carbocycles. The molecule has 2 aromatic rings. The third-order valence-electron chi connectivity index (χ3n) is 4.02. The fraction of sp³-hybridized carbons (Fsp3) is 0.286. The fourth-order valence-electron chi connectivity index (χ4n) is 2.61. The van der Waals surface area contributed by atoms with Crippen LogP contribution in [0.25, 0.3) is 0 Å². The summed E-state index contributed by atoms with van der Waals surface area (Å²) in [4.78, 5) is 14.7. The molecular formula is C21H23INO2P. The van der Waals surface area contributed by atoms with Gasteiger partial charge in [-0.25, -0.2) is 0 Å². The number of halogens is 1. The molecule has 1 fully saturated rings. The Morgan fingerprint density at radius 2 is 1.58 bits per heavy atom. The highest BCUT2D eigenvalue weighted by molar-refractivity contribution is 14.2. The summed E-state index contributed by atoms with van der Waals surface area (Å²) in [5, 5.41) is 0. The van der Waals surface area contributed by atoms with Crippen molar-refractivity contribution in [2.75, 3.05) is 20.1 Å². The lowest BCUT2D eigenvalue weighted by molar-refractivity contribution is 0.103. The number of rotatable bonds is 4. The van der Waals surface area contributed by atoms with E-state index in [1.54, 1.807) is 31.2 Å². The standard InChI is InChI=1S/C16H12IO2P.C5H11N/c1-2-3-12-4-6-13(7-5-12)16(18)14-8-10-15(11-9-14)19-20-17;1-6-4-2-3-5-6/h4-11,20H,1H3;2-5H2,1H3. The van der Waals surface area contributed by atoms with Crippen LogP contribution in [0.3, 0.4) is 0 Å². The van der Waals surface area contributed by atoms with E-state index in [2.05, 4.69) is 45.8 Å². The van der Waals surface area contributed by atoms with Crippen molar-refractivity contribution >= 4 is 34.3 Å². The summed E-state index contributed by atoms with van der Waals surface area (Å²) in [6.07, 6.45) is 2.83. The second-order valence-corrected chi connectivity index (χ2v) is 7.68. The van der Waals surface area contributed by atoms with Gasteiger partial charge in [0.25, 0.3) is 0 Å². The molecule has 0 bridgehead atoms. The topological polar surface area (TPSA) is 29.5 Å². The second-order valence-electron chi connectivity index (χ2n) is 6.00. The molecule has 0 N–H and O–H groups in total. The van der Waals surface area contributed by atoms with Crippen LogP contribution in [0.1, 0.15) is 41.3 Å². The van der Waals surface area contributed by atoms with Crippen LogP contribution in [-0.2, 0) is 0 Å². The number of likely N-dealkylation sites (tertiary alicyclic amines) is 1. The Kier molecular flexibility index (Phi) is 9.11. The molecule has 1 aliphatic rings. The van der Waals surface area contributed by atoms with Gasteiger partial charge >= 0.3 is 0 Å². The Bertz CT molecular complexity index is 757. The predicted molar refractivity (Wildman–Crippen MR) is 119 cm³/mol. The van der Waals surface area contributed by atoms with Gasteiger partial charge in [0.1, 0.15) is 12.2 Å². The van der Waals surface area contributed by atoms with E-state index in [-0.39, 0.29) is 5.78 Å². The van der Waals surface area contributed by atoms with Gasteiger partial charge in [-0.1, -0.05) is 5.92 Å². The van der Waals surface area contributed by atoms with E-state index in [0.29, 0.717) is 17.6 Å². The molecule has 3 nitrogen and oxygen atoms in total. The third kappa shape index (κ3) is 6.72. The van der Waals surface area contributed by atoms with Crippen molar-refractivity contribution < 1.29 is 9.32 Å². The van der Waals surface area contributed by atoms with Gasteiger partial charge in [-0.3, -0.25) is 4.79 Å². The molecule has 0 aromatic heterocycles. The Hall–Kier alpha value is -1.41. The van der Waals surface area contributed by atoms with Gasteiger partial charge < -0.3 is 9.42 Å². The molecule has 0 aliphatic carbocycles. The average molecular weight is 479 g/mol. The van der Waals surface area contributed by atoms with E-state index in [9.17, 15) is 4.79 Å². The maximum atomic E-state index is 12.3. The highest BCUT2D eigenvalue weighted by Gasteiger charge is 2.08. The van der Waals surface area contributed by atoms with Gasteiger partial charge in [0.05, 0.1) is 0 Å². The second kappa shape index (κ2) is 11.3. The lowest BCUT2D eigenvalue weighted by Crippen LogP contribution is -2.10. The van der Waals surface area contributed by atoms with Gasteiger partial charge in [0.15, 0.2) is 5.78 Å². The van der Waals surface area contributed by atoms with E-state index in [0.717, 1.165) is 11.3 Å². The fourth-order valence-corrected chi connectivity index (χ4v) is 3.60. The van der Waals surface area contributed by atoms with Crippen LogP contribution < -0.4 is 4.52 Å². The average Bonchev–Trinajstić information content (AvgIpc) is 3.14. The first-order valence-corrected chi connectivity index (χ1v) is 12.5. The molecule has 1 heterocycles. The Morgan fingerprint density at radius 1 is 1.04 bits per heavy atom. The van der Waals surface area contributed by atoms with Crippen molar-refractivity contribution in [1.29, 1.82) is 0 Å². The summed E-state index contributed by atoms with van der Waals surface area (Å²) in [6, 6.07) is 14.5. The number of hydrogen-bond acceptors (Lipinski definition) is 3. The first-order chi connectivity index (χ1) is 12.6. The molecule has 0 radical (unpaired) electrons. The molecule has 1 saturated heterocycles. The number of carbonyl (C=O) groups is 1. The van der Waals surface area contributed by atoms with Crippen LogP contribution in [0.15, 0.2) is 48.5 Å². The van der Waals surface area contributed by atoms with Gasteiger partial charge in [-0.15, -0.1) is 5.92 Å². The minimum absolute atomic E-state index is 0.00415. The van der Waals surface area contributed by atoms with E-state index in [4.69, 9.17) is 4.52 Å². The minimum atomic E-state index is 0.00415. The van der Waals surface area contributed by atoms with Crippen LogP contribution in [0.2, 0.25) is 0 Å². The van der Waals surface area contributed by atoms with Crippen LogP contribution in [0.5, 0.6) is 5.75 Å². The van der Waals surface area contributed by atoms with Gasteiger partial charge in [0.2, 0.25) is 0 Å². The zero-order chi connectivity index (χ0) is 18.8. The molecular weight excluding hydrogens is 456 g/mol. The summed E-state index contributed by atoms with van der Waals surface area (Å²) in [7, 11) is 2.17. The largest absolute Gasteiger partial charge is 0.467 e. The highest BCUT2D eigenvalue weighted by Crippen LogP contribution is 2.27. The summed E-state index contributed by atoms with van der Waals surface area (Å²) in [6.45, 7) is 4.80. The van der Waals surface area contributed by atoms with E-state index >= 15 is 0 Å². The zero-order valence-corrected chi connectivity index (χ0v) is 18.2. The molecule has 3 rings (SSSR count). The normalized spacial score (nSPS) is 13.7. The first kappa shape index (κ1) is 20.9. The van der Waals surface area contributed by atoms with Crippen LogP contribution in [0, 0.1) is 11.8 Å². The summed E-state index contributed by atoms with van der Waals surface area (Å²) in [5.74, 6) is 6.58. The summed E-state index contributed by atoms with van der Waals surface area (Å²) >= 11 is 2.16. The van der Waals surface area contributed by atoms with Crippen molar-refractivity contribution in [2.45, 2.75) is 19.8 Å². The molecule has 1 unspecified atom stereocenters. The van der Waals surface area contributed by atoms with Crippen molar-refractivity contribution in [2.24, 2.45) is 0 Å². The Morgan fingerprint density at radius 3 is 2.00 bits per heavy atom. The maximum absolute atomic E-state index is 12.3. The smallest absolute Gasteiger partial charge is 0.193 e. The van der Waals surface area contributed by atoms with Gasteiger partial charge in [-0.2, -0.15) is 0 Å². The Labute approximate surface area is 170 Å². The number of ketones is 1. The quantitative estimate of drug-likeness (QED) is 0.257. The number of carbonyl (C=O) groups excluding carboxylic acids is 1. The number of nitrogens with zero attached hydrogens (tertiary/aromatic N) is 1. The first-order valence-electron chi connectivity index (χ1n) is 8.52. The molecule has 0 saturated carbocycles. The van der Waals surface area contributed by atoms with Crippen LogP contribution in [-0.4, -0.2) is 30.8 Å². The van der Waals surface area contributed by atoms with Crippen molar-refractivity contribution in [3.63, 3.8) is 0 Å². The molecule has 0 amide bonds. The molecule has 26 heavy (non-hydrogen) atoms. The molecule has 5 heteroatoms. The lowest BCUT2D eigenvalue weighted by atomic mass is 10.0. The van der Waals surface area contributed by atoms with E-state index in [1.165, 1.54) is 25.9 Å². The van der Waals surface area contributed by atoms with E-state index in [1.807, 2.05) is 24.3 Å². The summed E-state index contributed by atoms with van der Waals surface area (Å²) in [5.41, 5.74) is 2.23. The molecule has 1 atom stereocenters. The maximum Gasteiger partial charge on any atom is 0.193 e. The van der Waals surface area contributed by atoms with Gasteiger partial charge in [0, 0.05) is 16.7 Å². The zero-order valence-electron chi connectivity index (χ0n) is 15.1. The minimum Gasteiger partial charge on any atom is -0.467 e. The monoisotopic (exact) mass is 479 g/mol. The third-order valence-corrected chi connectivity index (χ3v) is 4.99. The van der Waals surface area contributed by atoms with E-state index < -0.39 is 0 Å². The molecule has 136 valence electrons. The van der Waals surface area contributed by atoms with Crippen LogP contribution >= 0.6 is 28.5 Å². The summed E-state index contributed by atoms with van der Waals surface area (Å²) < 4.78 is 5.38. The predicted octanol–water partition coefficient (Wildman–Crippen LogP) is 5.32.